The van der Waals surface area contributed by atoms with E-state index in [1.54, 1.807) is 0 Å². The minimum Gasteiger partial charge on any atom is -0.454 e. The molecule has 1 atom stereocenters. The van der Waals surface area contributed by atoms with Gasteiger partial charge < -0.3 is 14.8 Å². The molecule has 1 unspecified atom stereocenters. The van der Waals surface area contributed by atoms with Crippen molar-refractivity contribution in [3.05, 3.63) is 54.1 Å². The molecule has 1 aliphatic heterocycles. The first-order valence-corrected chi connectivity index (χ1v) is 12.7. The normalized spacial score (nSPS) is 29.4. The highest BCUT2D eigenvalue weighted by atomic mass is 16.7. The number of fused-ring (bicyclic) bond motifs is 2. The molecule has 3 aromatic rings. The molecule has 174 valence electrons. The van der Waals surface area contributed by atoms with Crippen molar-refractivity contribution in [1.82, 2.24) is 10.3 Å². The highest BCUT2D eigenvalue weighted by molar-refractivity contribution is 6.07. The van der Waals surface area contributed by atoms with Gasteiger partial charge in [0.2, 0.25) is 6.79 Å². The lowest BCUT2D eigenvalue weighted by atomic mass is 9.48. The van der Waals surface area contributed by atoms with Crippen LogP contribution in [0.4, 0.5) is 0 Å². The van der Waals surface area contributed by atoms with Crippen LogP contribution in [0.1, 0.15) is 55.8 Å². The van der Waals surface area contributed by atoms with Gasteiger partial charge >= 0.3 is 0 Å². The average Bonchev–Trinajstić information content (AvgIpc) is 3.30. The Morgan fingerprint density at radius 2 is 1.68 bits per heavy atom. The lowest BCUT2D eigenvalue weighted by molar-refractivity contribution is -0.0687. The number of hydrogen-bond acceptors (Lipinski definition) is 4. The number of amides is 1. The van der Waals surface area contributed by atoms with Crippen LogP contribution in [0.2, 0.25) is 0 Å². The summed E-state index contributed by atoms with van der Waals surface area (Å²) < 4.78 is 11.0. The Morgan fingerprint density at radius 1 is 0.971 bits per heavy atom. The SMILES string of the molecule is CC(NC(=O)c1cc(-c2ccc3c(c2)OCO3)nc2ccccc12)C12CC3CC(CC(C3)C1)C2. The summed E-state index contributed by atoms with van der Waals surface area (Å²) in [6.07, 6.45) is 8.06. The fourth-order valence-electron chi connectivity index (χ4n) is 7.70. The summed E-state index contributed by atoms with van der Waals surface area (Å²) in [4.78, 5) is 18.6. The molecule has 0 saturated heterocycles. The highest BCUT2D eigenvalue weighted by Crippen LogP contribution is 2.61. The van der Waals surface area contributed by atoms with Crippen molar-refractivity contribution in [3.63, 3.8) is 0 Å². The van der Waals surface area contributed by atoms with Gasteiger partial charge in [0.05, 0.1) is 16.8 Å². The molecule has 34 heavy (non-hydrogen) atoms. The van der Waals surface area contributed by atoms with Gasteiger partial charge in [-0.05, 0) is 98.9 Å². The van der Waals surface area contributed by atoms with Gasteiger partial charge in [-0.25, -0.2) is 4.98 Å². The summed E-state index contributed by atoms with van der Waals surface area (Å²) in [5, 5.41) is 4.35. The van der Waals surface area contributed by atoms with Gasteiger partial charge in [-0.2, -0.15) is 0 Å². The van der Waals surface area contributed by atoms with Gasteiger partial charge in [0.15, 0.2) is 11.5 Å². The van der Waals surface area contributed by atoms with Gasteiger partial charge in [0.25, 0.3) is 5.91 Å². The van der Waals surface area contributed by atoms with E-state index in [1.807, 2.05) is 48.5 Å². The van der Waals surface area contributed by atoms with Gasteiger partial charge in [-0.1, -0.05) is 18.2 Å². The number of aromatic nitrogens is 1. The molecule has 0 radical (unpaired) electrons. The molecule has 5 nitrogen and oxygen atoms in total. The van der Waals surface area contributed by atoms with Crippen LogP contribution in [0.3, 0.4) is 0 Å². The Bertz CT molecular complexity index is 1260. The fourth-order valence-corrected chi connectivity index (χ4v) is 7.70. The third kappa shape index (κ3) is 3.20. The second-order valence-electron chi connectivity index (χ2n) is 11.1. The standard InChI is InChI=1S/C29H30N2O3/c1-17(29-13-18-8-19(14-29)10-20(9-18)15-29)30-28(32)23-12-25(31-24-5-3-2-4-22(23)24)21-6-7-26-27(11-21)34-16-33-26/h2-7,11-12,17-20H,8-10,13-16H2,1H3,(H,30,32). The molecule has 1 amide bonds. The van der Waals surface area contributed by atoms with Crippen molar-refractivity contribution in [1.29, 1.82) is 0 Å². The highest BCUT2D eigenvalue weighted by Gasteiger charge is 2.53. The predicted octanol–water partition coefficient (Wildman–Crippen LogP) is 5.97. The van der Waals surface area contributed by atoms with E-state index in [-0.39, 0.29) is 24.2 Å². The Kier molecular flexibility index (Phi) is 4.46. The first-order chi connectivity index (χ1) is 16.6. The monoisotopic (exact) mass is 454 g/mol. The first-order valence-electron chi connectivity index (χ1n) is 12.7. The number of para-hydroxylation sites is 1. The summed E-state index contributed by atoms with van der Waals surface area (Å²) in [6.45, 7) is 2.48. The second kappa shape index (κ2) is 7.46. The molecule has 4 aliphatic carbocycles. The fraction of sp³-hybridized carbons (Fsp3) is 0.448. The largest absolute Gasteiger partial charge is 0.454 e. The number of carbonyl (C=O) groups excluding carboxylic acids is 1. The van der Waals surface area contributed by atoms with Crippen LogP contribution in [0, 0.1) is 23.2 Å². The third-order valence-electron chi connectivity index (χ3n) is 8.98. The van der Waals surface area contributed by atoms with E-state index in [4.69, 9.17) is 14.5 Å². The Hall–Kier alpha value is -3.08. The molecular weight excluding hydrogens is 424 g/mol. The quantitative estimate of drug-likeness (QED) is 0.528. The van der Waals surface area contributed by atoms with Crippen LogP contribution in [-0.2, 0) is 0 Å². The summed E-state index contributed by atoms with van der Waals surface area (Å²) in [7, 11) is 0. The van der Waals surface area contributed by atoms with Crippen molar-refractivity contribution in [3.8, 4) is 22.8 Å². The summed E-state index contributed by atoms with van der Waals surface area (Å²) >= 11 is 0. The van der Waals surface area contributed by atoms with Crippen molar-refractivity contribution in [2.45, 2.75) is 51.5 Å². The predicted molar refractivity (Wildman–Crippen MR) is 131 cm³/mol. The van der Waals surface area contributed by atoms with Gasteiger partial charge in [-0.15, -0.1) is 0 Å². The van der Waals surface area contributed by atoms with Gasteiger partial charge in [0, 0.05) is 17.0 Å². The maximum absolute atomic E-state index is 13.7. The number of benzene rings is 2. The second-order valence-corrected chi connectivity index (χ2v) is 11.1. The number of pyridine rings is 1. The Labute approximate surface area is 199 Å². The molecule has 2 aromatic carbocycles. The van der Waals surface area contributed by atoms with Crippen molar-refractivity contribution >= 4 is 16.8 Å². The van der Waals surface area contributed by atoms with Crippen LogP contribution in [0.5, 0.6) is 11.5 Å². The molecule has 8 rings (SSSR count). The van der Waals surface area contributed by atoms with E-state index in [1.165, 1.54) is 38.5 Å². The number of ether oxygens (including phenoxy) is 2. The minimum atomic E-state index is 0.00355. The van der Waals surface area contributed by atoms with E-state index in [0.29, 0.717) is 11.3 Å². The maximum Gasteiger partial charge on any atom is 0.252 e. The summed E-state index contributed by atoms with van der Waals surface area (Å²) in [6, 6.07) is 15.9. The molecule has 2 heterocycles. The Morgan fingerprint density at radius 3 is 2.44 bits per heavy atom. The summed E-state index contributed by atoms with van der Waals surface area (Å²) in [5.74, 6) is 4.06. The molecule has 1 N–H and O–H groups in total. The molecule has 5 heteroatoms. The van der Waals surface area contributed by atoms with Crippen LogP contribution >= 0.6 is 0 Å². The van der Waals surface area contributed by atoms with Crippen LogP contribution in [0.25, 0.3) is 22.2 Å². The van der Waals surface area contributed by atoms with Crippen LogP contribution in [-0.4, -0.2) is 23.7 Å². The van der Waals surface area contributed by atoms with Crippen LogP contribution in [0.15, 0.2) is 48.5 Å². The first kappa shape index (κ1) is 20.3. The van der Waals surface area contributed by atoms with Crippen molar-refractivity contribution < 1.29 is 14.3 Å². The Balaban J connectivity index is 1.23. The number of rotatable bonds is 4. The molecule has 5 aliphatic rings. The number of carbonyl (C=O) groups is 1. The maximum atomic E-state index is 13.7. The van der Waals surface area contributed by atoms with Crippen molar-refractivity contribution in [2.75, 3.05) is 6.79 Å². The van der Waals surface area contributed by atoms with E-state index >= 15 is 0 Å². The smallest absolute Gasteiger partial charge is 0.252 e. The van der Waals surface area contributed by atoms with E-state index < -0.39 is 0 Å². The van der Waals surface area contributed by atoms with E-state index in [0.717, 1.165) is 45.7 Å². The third-order valence-corrected chi connectivity index (χ3v) is 8.98. The zero-order valence-electron chi connectivity index (χ0n) is 19.5. The summed E-state index contributed by atoms with van der Waals surface area (Å²) in [5.41, 5.74) is 3.47. The molecule has 4 saturated carbocycles. The topological polar surface area (TPSA) is 60.5 Å². The molecule has 1 aromatic heterocycles. The van der Waals surface area contributed by atoms with Crippen LogP contribution < -0.4 is 14.8 Å². The van der Waals surface area contributed by atoms with Gasteiger partial charge in [0.1, 0.15) is 0 Å². The lowest BCUT2D eigenvalue weighted by Gasteiger charge is -2.59. The van der Waals surface area contributed by atoms with Crippen molar-refractivity contribution in [2.24, 2.45) is 23.2 Å². The molecule has 4 fully saturated rings. The zero-order chi connectivity index (χ0) is 22.9. The minimum absolute atomic E-state index is 0.00355. The van der Waals surface area contributed by atoms with E-state index in [9.17, 15) is 4.79 Å². The van der Waals surface area contributed by atoms with E-state index in [2.05, 4.69) is 12.2 Å². The number of nitrogens with one attached hydrogen (secondary N) is 1. The number of nitrogens with zero attached hydrogens (tertiary/aromatic N) is 1. The van der Waals surface area contributed by atoms with Gasteiger partial charge in [-0.3, -0.25) is 4.79 Å². The molecule has 4 bridgehead atoms. The lowest BCUT2D eigenvalue weighted by Crippen LogP contribution is -2.55. The zero-order valence-corrected chi connectivity index (χ0v) is 19.5. The molecular formula is C29H30N2O3. The average molecular weight is 455 g/mol. The number of hydrogen-bond donors (Lipinski definition) is 1. The molecule has 0 spiro atoms.